The summed E-state index contributed by atoms with van der Waals surface area (Å²) in [5, 5.41) is 12.9. The number of nitrogens with zero attached hydrogens (tertiary/aromatic N) is 1. The van der Waals surface area contributed by atoms with Crippen molar-refractivity contribution in [3.63, 3.8) is 0 Å². The molecular weight excluding hydrogens is 297 g/mol. The van der Waals surface area contributed by atoms with E-state index in [0.717, 1.165) is 19.2 Å². The zero-order valence-electron chi connectivity index (χ0n) is 12.3. The fourth-order valence-corrected chi connectivity index (χ4v) is 2.56. The minimum absolute atomic E-state index is 0.350. The van der Waals surface area contributed by atoms with E-state index >= 15 is 0 Å². The Morgan fingerprint density at radius 3 is 2.64 bits per heavy atom. The van der Waals surface area contributed by atoms with E-state index in [1.807, 2.05) is 0 Å². The zero-order chi connectivity index (χ0) is 15.9. The van der Waals surface area contributed by atoms with Gasteiger partial charge in [0.1, 0.15) is 0 Å². The molecule has 1 atom stereocenters. The second kappa shape index (κ2) is 8.36. The van der Waals surface area contributed by atoms with Crippen LogP contribution in [0.1, 0.15) is 18.4 Å². The number of nitrogens with one attached hydrogen (secondary N) is 1. The van der Waals surface area contributed by atoms with Gasteiger partial charge in [0.15, 0.2) is 11.6 Å². The minimum atomic E-state index is -3.04. The van der Waals surface area contributed by atoms with Crippen LogP contribution in [-0.2, 0) is 6.54 Å². The Kier molecular flexibility index (Phi) is 6.48. The number of rotatable bonds is 8. The van der Waals surface area contributed by atoms with E-state index in [-0.39, 0.29) is 0 Å². The predicted molar refractivity (Wildman–Crippen MR) is 76.4 cm³/mol. The molecule has 1 aliphatic rings. The number of halogens is 3. The molecule has 2 rings (SSSR count). The molecule has 1 unspecified atom stereocenters. The van der Waals surface area contributed by atoms with Crippen molar-refractivity contribution >= 4 is 0 Å². The molecule has 2 N–H and O–H groups in total. The highest BCUT2D eigenvalue weighted by Gasteiger charge is 2.15. The summed E-state index contributed by atoms with van der Waals surface area (Å²) in [7, 11) is 0. The van der Waals surface area contributed by atoms with E-state index in [0.29, 0.717) is 25.2 Å². The molecule has 1 heterocycles. The lowest BCUT2D eigenvalue weighted by Gasteiger charge is -2.19. The van der Waals surface area contributed by atoms with E-state index in [1.165, 1.54) is 25.0 Å². The summed E-state index contributed by atoms with van der Waals surface area (Å²) in [4.78, 5) is 2.21. The average Bonchev–Trinajstić information content (AvgIpc) is 2.94. The molecule has 0 aromatic heterocycles. The molecule has 124 valence electrons. The Morgan fingerprint density at radius 2 is 2.00 bits per heavy atom. The lowest BCUT2D eigenvalue weighted by atomic mass is 10.2. The fraction of sp³-hybridized carbons (Fsp3) is 0.600. The quantitative estimate of drug-likeness (QED) is 0.769. The molecule has 7 heteroatoms. The van der Waals surface area contributed by atoms with Crippen molar-refractivity contribution in [3.05, 3.63) is 29.6 Å². The molecule has 0 radical (unpaired) electrons. The van der Waals surface area contributed by atoms with Gasteiger partial charge in [-0.1, -0.05) is 6.07 Å². The highest BCUT2D eigenvalue weighted by molar-refractivity contribution is 5.29. The van der Waals surface area contributed by atoms with Crippen LogP contribution in [0.15, 0.2) is 18.2 Å². The Hall–Kier alpha value is -1.31. The lowest BCUT2D eigenvalue weighted by Crippen LogP contribution is -2.36. The van der Waals surface area contributed by atoms with Crippen molar-refractivity contribution in [2.75, 3.05) is 26.2 Å². The average molecular weight is 318 g/mol. The highest BCUT2D eigenvalue weighted by atomic mass is 19.3. The number of likely N-dealkylation sites (tertiary alicyclic amines) is 1. The first-order chi connectivity index (χ1) is 10.5. The van der Waals surface area contributed by atoms with Crippen LogP contribution in [0.5, 0.6) is 5.75 Å². The molecule has 0 spiro atoms. The van der Waals surface area contributed by atoms with Gasteiger partial charge in [0.05, 0.1) is 6.10 Å². The van der Waals surface area contributed by atoms with Crippen molar-refractivity contribution in [2.24, 2.45) is 0 Å². The van der Waals surface area contributed by atoms with Crippen LogP contribution < -0.4 is 10.1 Å². The molecule has 1 aromatic carbocycles. The molecule has 4 nitrogen and oxygen atoms in total. The lowest BCUT2D eigenvalue weighted by molar-refractivity contribution is -0.0522. The van der Waals surface area contributed by atoms with Gasteiger partial charge in [-0.15, -0.1) is 0 Å². The summed E-state index contributed by atoms with van der Waals surface area (Å²) >= 11 is 0. The third kappa shape index (κ3) is 5.47. The van der Waals surface area contributed by atoms with Gasteiger partial charge in [-0.05, 0) is 43.6 Å². The van der Waals surface area contributed by atoms with Gasteiger partial charge in [-0.2, -0.15) is 8.78 Å². The van der Waals surface area contributed by atoms with E-state index in [9.17, 15) is 18.3 Å². The molecule has 0 bridgehead atoms. The standard InChI is InChI=1S/C15H21F3N2O2/c16-13-7-11(3-4-14(13)22-15(17)18)8-19-9-12(21)10-20-5-1-2-6-20/h3-4,7,12,15,19,21H,1-2,5-6,8-10H2. The minimum Gasteiger partial charge on any atom is -0.432 e. The first-order valence-electron chi connectivity index (χ1n) is 7.39. The molecule has 1 fully saturated rings. The Bertz CT molecular complexity index is 468. The Labute approximate surface area is 127 Å². The van der Waals surface area contributed by atoms with Crippen LogP contribution >= 0.6 is 0 Å². The van der Waals surface area contributed by atoms with Gasteiger partial charge in [0.2, 0.25) is 0 Å². The molecule has 0 saturated carbocycles. The first kappa shape index (κ1) is 17.1. The molecule has 1 aliphatic heterocycles. The number of aliphatic hydroxyl groups is 1. The topological polar surface area (TPSA) is 44.7 Å². The van der Waals surface area contributed by atoms with Crippen molar-refractivity contribution < 1.29 is 23.0 Å². The normalized spacial score (nSPS) is 17.1. The summed E-state index contributed by atoms with van der Waals surface area (Å²) in [6, 6.07) is 3.84. The molecule has 1 saturated heterocycles. The summed E-state index contributed by atoms with van der Waals surface area (Å²) in [5.41, 5.74) is 0.604. The van der Waals surface area contributed by atoms with Crippen molar-refractivity contribution in [1.82, 2.24) is 10.2 Å². The molecule has 1 aromatic rings. The van der Waals surface area contributed by atoms with Gasteiger partial charge in [-0.3, -0.25) is 0 Å². The summed E-state index contributed by atoms with van der Waals surface area (Å²) < 4.78 is 41.6. The second-order valence-electron chi connectivity index (χ2n) is 5.44. The van der Waals surface area contributed by atoms with Crippen molar-refractivity contribution in [1.29, 1.82) is 0 Å². The number of hydrogen-bond acceptors (Lipinski definition) is 4. The van der Waals surface area contributed by atoms with Gasteiger partial charge in [-0.25, -0.2) is 4.39 Å². The zero-order valence-corrected chi connectivity index (χ0v) is 12.3. The first-order valence-corrected chi connectivity index (χ1v) is 7.39. The second-order valence-corrected chi connectivity index (χ2v) is 5.44. The maximum absolute atomic E-state index is 13.5. The number of hydrogen-bond donors (Lipinski definition) is 2. The summed E-state index contributed by atoms with van der Waals surface area (Å²) in [5.74, 6) is -1.29. The van der Waals surface area contributed by atoms with Gasteiger partial charge < -0.3 is 20.1 Å². The van der Waals surface area contributed by atoms with Gasteiger partial charge >= 0.3 is 6.61 Å². The van der Waals surface area contributed by atoms with E-state index < -0.39 is 24.3 Å². The predicted octanol–water partition coefficient (Wildman–Crippen LogP) is 1.97. The maximum Gasteiger partial charge on any atom is 0.387 e. The van der Waals surface area contributed by atoms with Crippen molar-refractivity contribution in [2.45, 2.75) is 32.1 Å². The number of alkyl halides is 2. The largest absolute Gasteiger partial charge is 0.432 e. The maximum atomic E-state index is 13.5. The van der Waals surface area contributed by atoms with Crippen LogP contribution in [-0.4, -0.2) is 48.9 Å². The smallest absolute Gasteiger partial charge is 0.387 e. The SMILES string of the molecule is OC(CNCc1ccc(OC(F)F)c(F)c1)CN1CCCC1. The fourth-order valence-electron chi connectivity index (χ4n) is 2.56. The van der Waals surface area contributed by atoms with E-state index in [4.69, 9.17) is 0 Å². The van der Waals surface area contributed by atoms with Gasteiger partial charge in [0, 0.05) is 19.6 Å². The van der Waals surface area contributed by atoms with Crippen LogP contribution in [0.2, 0.25) is 0 Å². The van der Waals surface area contributed by atoms with Crippen LogP contribution in [0.3, 0.4) is 0 Å². The third-order valence-corrected chi connectivity index (χ3v) is 3.59. The Balaban J connectivity index is 1.73. The van der Waals surface area contributed by atoms with Crippen LogP contribution in [0.4, 0.5) is 13.2 Å². The molecule has 0 amide bonds. The number of benzene rings is 1. The summed E-state index contributed by atoms with van der Waals surface area (Å²) in [6.07, 6.45) is 1.86. The molecular formula is C15H21F3N2O2. The number of ether oxygens (including phenoxy) is 1. The van der Waals surface area contributed by atoms with E-state index in [2.05, 4.69) is 15.0 Å². The van der Waals surface area contributed by atoms with Crippen LogP contribution in [0, 0.1) is 5.82 Å². The van der Waals surface area contributed by atoms with Crippen LogP contribution in [0.25, 0.3) is 0 Å². The molecule has 22 heavy (non-hydrogen) atoms. The van der Waals surface area contributed by atoms with E-state index in [1.54, 1.807) is 0 Å². The summed E-state index contributed by atoms with van der Waals surface area (Å²) in [6.45, 7) is 0.375. The monoisotopic (exact) mass is 318 g/mol. The third-order valence-electron chi connectivity index (χ3n) is 3.59. The van der Waals surface area contributed by atoms with Crippen molar-refractivity contribution in [3.8, 4) is 5.75 Å². The highest BCUT2D eigenvalue weighted by Crippen LogP contribution is 2.20. The molecule has 0 aliphatic carbocycles. The van der Waals surface area contributed by atoms with Gasteiger partial charge in [0.25, 0.3) is 0 Å². The number of β-amino-alcohol motifs (C(OH)–C–C–N with tert-alkyl or cyclic N) is 1. The Morgan fingerprint density at radius 1 is 1.27 bits per heavy atom. The number of aliphatic hydroxyl groups excluding tert-OH is 1.